The van der Waals surface area contributed by atoms with Gasteiger partial charge in [-0.15, -0.1) is 0 Å². The lowest BCUT2D eigenvalue weighted by atomic mass is 10.1. The Balaban J connectivity index is 0.000000491. The molecule has 0 aliphatic heterocycles. The van der Waals surface area contributed by atoms with Crippen molar-refractivity contribution in [3.8, 4) is 5.75 Å². The van der Waals surface area contributed by atoms with Gasteiger partial charge in [0.1, 0.15) is 12.4 Å². The Morgan fingerprint density at radius 3 is 1.81 bits per heavy atom. The first-order chi connectivity index (χ1) is 10.0. The molecule has 0 heterocycles. The van der Waals surface area contributed by atoms with Gasteiger partial charge in [-0.05, 0) is 36.1 Å². The van der Waals surface area contributed by atoms with Crippen LogP contribution in [0, 0.1) is 12.8 Å². The lowest BCUT2D eigenvalue weighted by Gasteiger charge is -2.07. The third-order valence-electron chi connectivity index (χ3n) is 2.63. The number of hydrogen-bond donors (Lipinski definition) is 1. The normalized spacial score (nSPS) is 10.0. The molecule has 0 saturated heterocycles. The number of ether oxygens (including phenoxy) is 1. The average molecular weight is 286 g/mol. The number of benzene rings is 2. The minimum Gasteiger partial charge on any atom is -0.489 e. The van der Waals surface area contributed by atoms with Gasteiger partial charge in [0, 0.05) is 0 Å². The smallest absolute Gasteiger partial charge is 0.119 e. The van der Waals surface area contributed by atoms with Gasteiger partial charge in [0.05, 0.1) is 6.61 Å². The zero-order chi connectivity index (χ0) is 15.7. The summed E-state index contributed by atoms with van der Waals surface area (Å²) in [6.45, 7) is 9.19. The number of aliphatic hydroxyl groups excluding tert-OH is 1. The summed E-state index contributed by atoms with van der Waals surface area (Å²) in [7, 11) is 0. The lowest BCUT2D eigenvalue weighted by Crippen LogP contribution is -1.95. The summed E-state index contributed by atoms with van der Waals surface area (Å²) in [4.78, 5) is 0. The SMILES string of the molecule is CC(C)C.Cc1ccc(OCc2ccc(CO)cc2)cc1. The van der Waals surface area contributed by atoms with Crippen LogP contribution in [-0.4, -0.2) is 5.11 Å². The molecular formula is C19H26O2. The van der Waals surface area contributed by atoms with Crippen LogP contribution < -0.4 is 4.74 Å². The Kier molecular flexibility index (Phi) is 7.55. The number of rotatable bonds is 4. The maximum absolute atomic E-state index is 8.93. The topological polar surface area (TPSA) is 29.5 Å². The highest BCUT2D eigenvalue weighted by atomic mass is 16.5. The first kappa shape index (κ1) is 17.3. The molecule has 0 spiro atoms. The molecule has 2 rings (SSSR count). The van der Waals surface area contributed by atoms with Crippen molar-refractivity contribution in [1.29, 1.82) is 0 Å². The minimum absolute atomic E-state index is 0.0824. The van der Waals surface area contributed by atoms with Crippen LogP contribution in [0.15, 0.2) is 48.5 Å². The predicted molar refractivity (Wildman–Crippen MR) is 88.4 cm³/mol. The molecule has 0 aliphatic rings. The van der Waals surface area contributed by atoms with Crippen molar-refractivity contribution in [1.82, 2.24) is 0 Å². The Morgan fingerprint density at radius 1 is 0.857 bits per heavy atom. The van der Waals surface area contributed by atoms with Gasteiger partial charge in [-0.25, -0.2) is 0 Å². The van der Waals surface area contributed by atoms with E-state index in [1.807, 2.05) is 48.5 Å². The van der Waals surface area contributed by atoms with E-state index in [1.54, 1.807) is 0 Å². The molecule has 0 amide bonds. The first-order valence-electron chi connectivity index (χ1n) is 7.39. The molecule has 0 aromatic heterocycles. The van der Waals surface area contributed by atoms with Gasteiger partial charge in [0.2, 0.25) is 0 Å². The summed E-state index contributed by atoms with van der Waals surface area (Å²) in [6, 6.07) is 15.8. The highest BCUT2D eigenvalue weighted by Crippen LogP contribution is 2.14. The Hall–Kier alpha value is -1.80. The molecule has 0 aliphatic carbocycles. The van der Waals surface area contributed by atoms with Crippen LogP contribution >= 0.6 is 0 Å². The van der Waals surface area contributed by atoms with Gasteiger partial charge in [-0.1, -0.05) is 62.7 Å². The highest BCUT2D eigenvalue weighted by Gasteiger charge is 1.96. The van der Waals surface area contributed by atoms with Crippen molar-refractivity contribution >= 4 is 0 Å². The Bertz CT molecular complexity index is 495. The zero-order valence-electron chi connectivity index (χ0n) is 13.5. The van der Waals surface area contributed by atoms with Crippen LogP contribution in [0.4, 0.5) is 0 Å². The van der Waals surface area contributed by atoms with Gasteiger partial charge in [0.15, 0.2) is 0 Å². The van der Waals surface area contributed by atoms with Crippen molar-refractivity contribution in [3.63, 3.8) is 0 Å². The standard InChI is InChI=1S/C15H16O2.C4H10/c1-12-2-8-15(9-3-12)17-11-14-6-4-13(10-16)5-7-14;1-4(2)3/h2-9,16H,10-11H2,1H3;4H,1-3H3. The van der Waals surface area contributed by atoms with Gasteiger partial charge in [-0.3, -0.25) is 0 Å². The predicted octanol–water partition coefficient (Wildman–Crippen LogP) is 4.73. The van der Waals surface area contributed by atoms with Crippen molar-refractivity contribution in [2.45, 2.75) is 40.9 Å². The average Bonchev–Trinajstić information content (AvgIpc) is 2.47. The van der Waals surface area contributed by atoms with E-state index in [4.69, 9.17) is 9.84 Å². The number of aryl methyl sites for hydroxylation is 1. The van der Waals surface area contributed by atoms with E-state index in [-0.39, 0.29) is 6.61 Å². The second-order valence-corrected chi connectivity index (χ2v) is 5.81. The van der Waals surface area contributed by atoms with Crippen LogP contribution in [-0.2, 0) is 13.2 Å². The third kappa shape index (κ3) is 7.52. The molecule has 2 nitrogen and oxygen atoms in total. The van der Waals surface area contributed by atoms with Gasteiger partial charge in [0.25, 0.3) is 0 Å². The second kappa shape index (κ2) is 9.19. The molecule has 1 N–H and O–H groups in total. The summed E-state index contributed by atoms with van der Waals surface area (Å²) in [6.07, 6.45) is 0. The molecule has 2 aromatic carbocycles. The minimum atomic E-state index is 0.0824. The number of hydrogen-bond acceptors (Lipinski definition) is 2. The van der Waals surface area contributed by atoms with E-state index >= 15 is 0 Å². The van der Waals surface area contributed by atoms with Crippen molar-refractivity contribution in [3.05, 3.63) is 65.2 Å². The van der Waals surface area contributed by atoms with Crippen LogP contribution in [0.2, 0.25) is 0 Å². The molecule has 0 fully saturated rings. The van der Waals surface area contributed by atoms with Crippen molar-refractivity contribution in [2.75, 3.05) is 0 Å². The summed E-state index contributed by atoms with van der Waals surface area (Å²) < 4.78 is 5.66. The maximum atomic E-state index is 8.93. The summed E-state index contributed by atoms with van der Waals surface area (Å²) in [5, 5.41) is 8.93. The summed E-state index contributed by atoms with van der Waals surface area (Å²) in [5.74, 6) is 1.71. The summed E-state index contributed by atoms with van der Waals surface area (Å²) in [5.41, 5.74) is 3.25. The second-order valence-electron chi connectivity index (χ2n) is 5.81. The Morgan fingerprint density at radius 2 is 1.33 bits per heavy atom. The van der Waals surface area contributed by atoms with E-state index < -0.39 is 0 Å². The fraction of sp³-hybridized carbons (Fsp3) is 0.368. The largest absolute Gasteiger partial charge is 0.489 e. The quantitative estimate of drug-likeness (QED) is 0.880. The molecule has 2 heteroatoms. The lowest BCUT2D eigenvalue weighted by molar-refractivity contribution is 0.281. The molecule has 0 unspecified atom stereocenters. The molecule has 0 atom stereocenters. The fourth-order valence-corrected chi connectivity index (χ4v) is 1.54. The molecule has 0 radical (unpaired) electrons. The maximum Gasteiger partial charge on any atom is 0.119 e. The molecule has 21 heavy (non-hydrogen) atoms. The van der Waals surface area contributed by atoms with Crippen LogP contribution in [0.25, 0.3) is 0 Å². The van der Waals surface area contributed by atoms with E-state index in [1.165, 1.54) is 5.56 Å². The highest BCUT2D eigenvalue weighted by molar-refractivity contribution is 5.27. The van der Waals surface area contributed by atoms with Crippen molar-refractivity contribution < 1.29 is 9.84 Å². The third-order valence-corrected chi connectivity index (χ3v) is 2.63. The Labute approximate surface area is 128 Å². The van der Waals surface area contributed by atoms with Crippen molar-refractivity contribution in [2.24, 2.45) is 5.92 Å². The van der Waals surface area contributed by atoms with Crippen LogP contribution in [0.5, 0.6) is 5.75 Å². The van der Waals surface area contributed by atoms with E-state index in [2.05, 4.69) is 27.7 Å². The summed E-state index contributed by atoms with van der Waals surface area (Å²) >= 11 is 0. The first-order valence-corrected chi connectivity index (χ1v) is 7.39. The van der Waals surface area contributed by atoms with E-state index in [0.717, 1.165) is 22.8 Å². The van der Waals surface area contributed by atoms with Gasteiger partial charge >= 0.3 is 0 Å². The molecule has 2 aromatic rings. The molecule has 0 bridgehead atoms. The zero-order valence-corrected chi connectivity index (χ0v) is 13.5. The van der Waals surface area contributed by atoms with E-state index in [9.17, 15) is 0 Å². The fourth-order valence-electron chi connectivity index (χ4n) is 1.54. The molecular weight excluding hydrogens is 260 g/mol. The van der Waals surface area contributed by atoms with E-state index in [0.29, 0.717) is 6.61 Å². The number of aliphatic hydroxyl groups is 1. The molecule has 0 saturated carbocycles. The van der Waals surface area contributed by atoms with Gasteiger partial charge in [-0.2, -0.15) is 0 Å². The molecule has 114 valence electrons. The van der Waals surface area contributed by atoms with Crippen LogP contribution in [0.3, 0.4) is 0 Å². The van der Waals surface area contributed by atoms with Gasteiger partial charge < -0.3 is 9.84 Å². The van der Waals surface area contributed by atoms with Crippen LogP contribution in [0.1, 0.15) is 37.5 Å². The monoisotopic (exact) mass is 286 g/mol.